The van der Waals surface area contributed by atoms with Crippen LogP contribution in [0, 0.1) is 5.92 Å². The first-order valence-corrected chi connectivity index (χ1v) is 7.70. The molecule has 0 bridgehead atoms. The van der Waals surface area contributed by atoms with Gasteiger partial charge in [0.1, 0.15) is 5.82 Å². The SMILES string of the molecule is Cn1nc(C(C)(C)C)cc1NC(=O)CCC1CCCC1. The van der Waals surface area contributed by atoms with Crippen LogP contribution in [0.3, 0.4) is 0 Å². The molecule has 1 aliphatic rings. The zero-order valence-corrected chi connectivity index (χ0v) is 13.2. The Morgan fingerprint density at radius 3 is 2.60 bits per heavy atom. The second kappa shape index (κ2) is 5.98. The van der Waals surface area contributed by atoms with Crippen molar-refractivity contribution in [1.82, 2.24) is 9.78 Å². The fraction of sp³-hybridized carbons (Fsp3) is 0.750. The van der Waals surface area contributed by atoms with E-state index in [1.807, 2.05) is 13.1 Å². The van der Waals surface area contributed by atoms with Crippen LogP contribution in [0.2, 0.25) is 0 Å². The third-order valence-electron chi connectivity index (χ3n) is 4.17. The molecule has 1 fully saturated rings. The summed E-state index contributed by atoms with van der Waals surface area (Å²) >= 11 is 0. The highest BCUT2D eigenvalue weighted by atomic mass is 16.1. The van der Waals surface area contributed by atoms with Gasteiger partial charge in [-0.1, -0.05) is 46.5 Å². The maximum absolute atomic E-state index is 12.0. The molecule has 1 amide bonds. The number of carbonyl (C=O) groups is 1. The van der Waals surface area contributed by atoms with Crippen molar-refractivity contribution in [2.45, 2.75) is 64.7 Å². The molecular weight excluding hydrogens is 250 g/mol. The molecule has 1 N–H and O–H groups in total. The summed E-state index contributed by atoms with van der Waals surface area (Å²) in [6.45, 7) is 6.38. The number of carbonyl (C=O) groups excluding carboxylic acids is 1. The van der Waals surface area contributed by atoms with Gasteiger partial charge in [-0.05, 0) is 12.3 Å². The molecule has 1 aromatic rings. The van der Waals surface area contributed by atoms with Gasteiger partial charge in [0.05, 0.1) is 5.69 Å². The molecule has 112 valence electrons. The predicted octanol–water partition coefficient (Wildman–Crippen LogP) is 3.63. The summed E-state index contributed by atoms with van der Waals surface area (Å²) in [5.41, 5.74) is 1.01. The van der Waals surface area contributed by atoms with E-state index < -0.39 is 0 Å². The van der Waals surface area contributed by atoms with Crippen molar-refractivity contribution >= 4 is 11.7 Å². The molecule has 1 aliphatic carbocycles. The lowest BCUT2D eigenvalue weighted by atomic mass is 9.92. The average molecular weight is 277 g/mol. The van der Waals surface area contributed by atoms with Gasteiger partial charge in [0.2, 0.25) is 5.91 Å². The minimum Gasteiger partial charge on any atom is -0.311 e. The van der Waals surface area contributed by atoms with E-state index in [9.17, 15) is 4.79 Å². The first-order valence-electron chi connectivity index (χ1n) is 7.70. The molecule has 0 spiro atoms. The quantitative estimate of drug-likeness (QED) is 0.913. The Kier molecular flexibility index (Phi) is 4.51. The third kappa shape index (κ3) is 3.84. The molecule has 0 aliphatic heterocycles. The highest BCUT2D eigenvalue weighted by Crippen LogP contribution is 2.29. The summed E-state index contributed by atoms with van der Waals surface area (Å²) in [4.78, 5) is 12.0. The zero-order chi connectivity index (χ0) is 14.8. The molecule has 0 radical (unpaired) electrons. The lowest BCUT2D eigenvalue weighted by molar-refractivity contribution is -0.116. The van der Waals surface area contributed by atoms with Gasteiger partial charge in [-0.25, -0.2) is 0 Å². The molecule has 0 unspecified atom stereocenters. The number of hydrogen-bond acceptors (Lipinski definition) is 2. The van der Waals surface area contributed by atoms with Crippen LogP contribution in [-0.4, -0.2) is 15.7 Å². The Morgan fingerprint density at radius 1 is 1.40 bits per heavy atom. The lowest BCUT2D eigenvalue weighted by Gasteiger charge is -2.13. The van der Waals surface area contributed by atoms with E-state index in [1.165, 1.54) is 25.7 Å². The van der Waals surface area contributed by atoms with Gasteiger partial charge in [0.25, 0.3) is 0 Å². The van der Waals surface area contributed by atoms with Crippen LogP contribution in [-0.2, 0) is 17.3 Å². The van der Waals surface area contributed by atoms with Crippen molar-refractivity contribution in [3.63, 3.8) is 0 Å². The Morgan fingerprint density at radius 2 is 2.05 bits per heavy atom. The molecule has 2 rings (SSSR count). The molecule has 20 heavy (non-hydrogen) atoms. The van der Waals surface area contributed by atoms with Crippen molar-refractivity contribution in [1.29, 1.82) is 0 Å². The topological polar surface area (TPSA) is 46.9 Å². The maximum Gasteiger partial charge on any atom is 0.225 e. The van der Waals surface area contributed by atoms with Gasteiger partial charge in [-0.15, -0.1) is 0 Å². The number of nitrogens with one attached hydrogen (secondary N) is 1. The molecular formula is C16H27N3O. The van der Waals surface area contributed by atoms with Gasteiger partial charge in [0.15, 0.2) is 0 Å². The number of nitrogens with zero attached hydrogens (tertiary/aromatic N) is 2. The van der Waals surface area contributed by atoms with Crippen LogP contribution >= 0.6 is 0 Å². The molecule has 0 saturated heterocycles. The van der Waals surface area contributed by atoms with E-state index in [-0.39, 0.29) is 11.3 Å². The van der Waals surface area contributed by atoms with Crippen LogP contribution in [0.25, 0.3) is 0 Å². The highest BCUT2D eigenvalue weighted by molar-refractivity contribution is 5.89. The summed E-state index contributed by atoms with van der Waals surface area (Å²) in [5.74, 6) is 1.67. The Labute approximate surface area is 121 Å². The largest absolute Gasteiger partial charge is 0.311 e. The molecule has 0 aromatic carbocycles. The van der Waals surface area contributed by atoms with Crippen molar-refractivity contribution in [2.24, 2.45) is 13.0 Å². The van der Waals surface area contributed by atoms with Crippen LogP contribution < -0.4 is 5.32 Å². The Balaban J connectivity index is 1.89. The van der Waals surface area contributed by atoms with E-state index in [0.717, 1.165) is 23.9 Å². The summed E-state index contributed by atoms with van der Waals surface area (Å²) in [6, 6.07) is 1.98. The number of amides is 1. The van der Waals surface area contributed by atoms with E-state index in [2.05, 4.69) is 31.2 Å². The monoisotopic (exact) mass is 277 g/mol. The smallest absolute Gasteiger partial charge is 0.225 e. The number of hydrogen-bond donors (Lipinski definition) is 1. The van der Waals surface area contributed by atoms with Gasteiger partial charge < -0.3 is 5.32 Å². The second-order valence-corrected chi connectivity index (χ2v) is 7.03. The van der Waals surface area contributed by atoms with Crippen molar-refractivity contribution in [3.05, 3.63) is 11.8 Å². The van der Waals surface area contributed by atoms with Crippen LogP contribution in [0.15, 0.2) is 6.07 Å². The third-order valence-corrected chi connectivity index (χ3v) is 4.17. The number of aromatic nitrogens is 2. The van der Waals surface area contributed by atoms with Gasteiger partial charge in [-0.3, -0.25) is 9.48 Å². The standard InChI is InChI=1S/C16H27N3O/c1-16(2,3)13-11-14(19(4)18-13)17-15(20)10-9-12-7-5-6-8-12/h11-12H,5-10H2,1-4H3,(H,17,20). The highest BCUT2D eigenvalue weighted by Gasteiger charge is 2.20. The van der Waals surface area contributed by atoms with E-state index in [4.69, 9.17) is 0 Å². The van der Waals surface area contributed by atoms with E-state index in [1.54, 1.807) is 4.68 Å². The zero-order valence-electron chi connectivity index (χ0n) is 13.2. The molecule has 4 nitrogen and oxygen atoms in total. The van der Waals surface area contributed by atoms with Crippen molar-refractivity contribution < 1.29 is 4.79 Å². The van der Waals surface area contributed by atoms with Crippen LogP contribution in [0.4, 0.5) is 5.82 Å². The first-order chi connectivity index (χ1) is 9.36. The predicted molar refractivity (Wildman–Crippen MR) is 81.7 cm³/mol. The average Bonchev–Trinajstić information content (AvgIpc) is 2.96. The van der Waals surface area contributed by atoms with Crippen molar-refractivity contribution in [3.8, 4) is 0 Å². The normalized spacial score (nSPS) is 16.6. The second-order valence-electron chi connectivity index (χ2n) is 7.03. The first kappa shape index (κ1) is 15.1. The molecule has 1 aromatic heterocycles. The molecule has 4 heteroatoms. The minimum atomic E-state index is 0.00455. The summed E-state index contributed by atoms with van der Waals surface area (Å²) < 4.78 is 1.76. The number of rotatable bonds is 4. The summed E-state index contributed by atoms with van der Waals surface area (Å²) in [5, 5.41) is 7.46. The summed E-state index contributed by atoms with van der Waals surface area (Å²) in [6.07, 6.45) is 6.92. The van der Waals surface area contributed by atoms with Gasteiger partial charge >= 0.3 is 0 Å². The van der Waals surface area contributed by atoms with Gasteiger partial charge in [-0.2, -0.15) is 5.10 Å². The van der Waals surface area contributed by atoms with E-state index >= 15 is 0 Å². The fourth-order valence-corrected chi connectivity index (χ4v) is 2.79. The molecule has 1 heterocycles. The summed E-state index contributed by atoms with van der Waals surface area (Å²) in [7, 11) is 1.88. The number of aryl methyl sites for hydroxylation is 1. The number of anilines is 1. The van der Waals surface area contributed by atoms with E-state index in [0.29, 0.717) is 6.42 Å². The Hall–Kier alpha value is -1.32. The fourth-order valence-electron chi connectivity index (χ4n) is 2.79. The minimum absolute atomic E-state index is 0.00455. The lowest BCUT2D eigenvalue weighted by Crippen LogP contribution is -2.15. The van der Waals surface area contributed by atoms with Crippen LogP contribution in [0.5, 0.6) is 0 Å². The van der Waals surface area contributed by atoms with Crippen LogP contribution in [0.1, 0.15) is 65.0 Å². The van der Waals surface area contributed by atoms with Gasteiger partial charge in [0, 0.05) is 24.9 Å². The van der Waals surface area contributed by atoms with Crippen molar-refractivity contribution in [2.75, 3.05) is 5.32 Å². The Bertz CT molecular complexity index is 465. The molecule has 0 atom stereocenters. The molecule has 1 saturated carbocycles. The maximum atomic E-state index is 12.0.